The van der Waals surface area contributed by atoms with E-state index in [9.17, 15) is 14.3 Å². The van der Waals surface area contributed by atoms with E-state index >= 15 is 0 Å². The van der Waals surface area contributed by atoms with Crippen LogP contribution in [0.25, 0.3) is 16.5 Å². The van der Waals surface area contributed by atoms with Crippen molar-refractivity contribution in [3.8, 4) is 5.88 Å². The van der Waals surface area contributed by atoms with Gasteiger partial charge in [0.1, 0.15) is 5.82 Å². The summed E-state index contributed by atoms with van der Waals surface area (Å²) in [6, 6.07) is 20.7. The molecule has 0 spiro atoms. The second-order valence-electron chi connectivity index (χ2n) is 6.98. The highest BCUT2D eigenvalue weighted by molar-refractivity contribution is 5.99. The molecule has 0 aliphatic rings. The van der Waals surface area contributed by atoms with Crippen molar-refractivity contribution >= 4 is 22.4 Å². The SMILES string of the molecule is C=C(c1ccc(F)cc1)c1c(O)n(Cc2cccc(C(=O)OC)c2)c2ccccc12. The summed E-state index contributed by atoms with van der Waals surface area (Å²) in [7, 11) is 1.34. The molecule has 0 amide bonds. The van der Waals surface area contributed by atoms with Crippen molar-refractivity contribution in [2.24, 2.45) is 0 Å². The van der Waals surface area contributed by atoms with Crippen LogP contribution in [-0.4, -0.2) is 22.8 Å². The summed E-state index contributed by atoms with van der Waals surface area (Å²) in [5.74, 6) is -0.679. The number of para-hydroxylation sites is 1. The Hall–Kier alpha value is -3.86. The van der Waals surface area contributed by atoms with Gasteiger partial charge in [-0.2, -0.15) is 0 Å². The summed E-state index contributed by atoms with van der Waals surface area (Å²) >= 11 is 0. The van der Waals surface area contributed by atoms with Crippen LogP contribution < -0.4 is 0 Å². The van der Waals surface area contributed by atoms with Gasteiger partial charge in [0.25, 0.3) is 0 Å². The van der Waals surface area contributed by atoms with Crippen molar-refractivity contribution < 1.29 is 19.0 Å². The van der Waals surface area contributed by atoms with Crippen molar-refractivity contribution in [2.75, 3.05) is 7.11 Å². The van der Waals surface area contributed by atoms with Crippen molar-refractivity contribution in [1.82, 2.24) is 4.57 Å². The van der Waals surface area contributed by atoms with Crippen LogP contribution in [0.2, 0.25) is 0 Å². The lowest BCUT2D eigenvalue weighted by atomic mass is 9.98. The quantitative estimate of drug-likeness (QED) is 0.457. The highest BCUT2D eigenvalue weighted by Gasteiger charge is 2.20. The van der Waals surface area contributed by atoms with Gasteiger partial charge in [-0.05, 0) is 47.0 Å². The first-order valence-electron chi connectivity index (χ1n) is 9.42. The number of aromatic hydroxyl groups is 1. The van der Waals surface area contributed by atoms with Gasteiger partial charge < -0.3 is 14.4 Å². The number of ether oxygens (including phenoxy) is 1. The molecular formula is C25H20FNO3. The molecule has 0 atom stereocenters. The third kappa shape index (κ3) is 3.46. The number of aromatic nitrogens is 1. The number of nitrogens with zero attached hydrogens (tertiary/aromatic N) is 1. The molecule has 1 aromatic heterocycles. The van der Waals surface area contributed by atoms with Crippen molar-refractivity contribution in [3.05, 3.63) is 107 Å². The Morgan fingerprint density at radius 2 is 1.77 bits per heavy atom. The van der Waals surface area contributed by atoms with Crippen LogP contribution in [0.5, 0.6) is 5.88 Å². The van der Waals surface area contributed by atoms with Crippen LogP contribution in [0, 0.1) is 5.82 Å². The lowest BCUT2D eigenvalue weighted by Crippen LogP contribution is -2.04. The summed E-state index contributed by atoms with van der Waals surface area (Å²) < 4.78 is 19.9. The third-order valence-corrected chi connectivity index (χ3v) is 5.13. The standard InChI is InChI=1S/C25H20FNO3/c1-16(18-10-12-20(26)13-11-18)23-21-8-3-4-9-22(21)27(24(23)28)15-17-6-5-7-19(14-17)25(29)30-2/h3-14,28H,1,15H2,2H3. The predicted octanol–water partition coefficient (Wildman–Crippen LogP) is 5.38. The maximum absolute atomic E-state index is 13.3. The van der Waals surface area contributed by atoms with Gasteiger partial charge >= 0.3 is 5.97 Å². The molecule has 0 saturated carbocycles. The van der Waals surface area contributed by atoms with E-state index in [0.29, 0.717) is 23.2 Å². The summed E-state index contributed by atoms with van der Waals surface area (Å²) in [5.41, 5.74) is 4.04. The molecule has 150 valence electrons. The molecule has 1 heterocycles. The van der Waals surface area contributed by atoms with Gasteiger partial charge in [-0.15, -0.1) is 0 Å². The number of carbonyl (C=O) groups is 1. The number of hydrogen-bond donors (Lipinski definition) is 1. The fourth-order valence-electron chi connectivity index (χ4n) is 3.64. The molecule has 4 nitrogen and oxygen atoms in total. The first kappa shape index (κ1) is 19.5. The molecule has 0 unspecified atom stereocenters. The Balaban J connectivity index is 1.81. The Labute approximate surface area is 173 Å². The minimum absolute atomic E-state index is 0.0639. The van der Waals surface area contributed by atoms with Crippen LogP contribution in [-0.2, 0) is 11.3 Å². The number of carbonyl (C=O) groups excluding carboxylic acids is 1. The number of esters is 1. The maximum atomic E-state index is 13.3. The number of halogens is 1. The molecule has 0 aliphatic heterocycles. The van der Waals surface area contributed by atoms with Gasteiger partial charge in [0.2, 0.25) is 0 Å². The Bertz CT molecular complexity index is 1260. The van der Waals surface area contributed by atoms with Crippen LogP contribution in [0.15, 0.2) is 79.4 Å². The predicted molar refractivity (Wildman–Crippen MR) is 115 cm³/mol. The molecule has 0 aliphatic carbocycles. The minimum atomic E-state index is -0.413. The van der Waals surface area contributed by atoms with Gasteiger partial charge in [0.05, 0.1) is 30.3 Å². The van der Waals surface area contributed by atoms with E-state index < -0.39 is 5.97 Å². The van der Waals surface area contributed by atoms with E-state index in [1.165, 1.54) is 19.2 Å². The monoisotopic (exact) mass is 401 g/mol. The molecule has 5 heteroatoms. The summed E-state index contributed by atoms with van der Waals surface area (Å²) in [5, 5.41) is 12.0. The van der Waals surface area contributed by atoms with Crippen LogP contribution >= 0.6 is 0 Å². The molecule has 0 fully saturated rings. The molecule has 0 radical (unpaired) electrons. The molecular weight excluding hydrogens is 381 g/mol. The normalized spacial score (nSPS) is 10.9. The highest BCUT2D eigenvalue weighted by atomic mass is 19.1. The molecule has 4 rings (SSSR count). The van der Waals surface area contributed by atoms with E-state index in [4.69, 9.17) is 4.74 Å². The summed E-state index contributed by atoms with van der Waals surface area (Å²) in [6.45, 7) is 4.50. The number of fused-ring (bicyclic) bond motifs is 1. The fraction of sp³-hybridized carbons (Fsp3) is 0.0800. The van der Waals surface area contributed by atoms with Gasteiger partial charge in [-0.25, -0.2) is 9.18 Å². The molecule has 1 N–H and O–H groups in total. The van der Waals surface area contributed by atoms with E-state index in [-0.39, 0.29) is 11.7 Å². The average molecular weight is 401 g/mol. The van der Waals surface area contributed by atoms with Crippen molar-refractivity contribution in [3.63, 3.8) is 0 Å². The van der Waals surface area contributed by atoms with Gasteiger partial charge in [0, 0.05) is 5.39 Å². The molecule has 0 saturated heterocycles. The Morgan fingerprint density at radius 1 is 1.03 bits per heavy atom. The molecule has 30 heavy (non-hydrogen) atoms. The fourth-order valence-corrected chi connectivity index (χ4v) is 3.64. The largest absolute Gasteiger partial charge is 0.494 e. The topological polar surface area (TPSA) is 51.5 Å². The smallest absolute Gasteiger partial charge is 0.337 e. The van der Waals surface area contributed by atoms with Crippen molar-refractivity contribution in [2.45, 2.75) is 6.54 Å². The first-order chi connectivity index (χ1) is 14.5. The summed E-state index contributed by atoms with van der Waals surface area (Å²) in [6.07, 6.45) is 0. The van der Waals surface area contributed by atoms with Crippen molar-refractivity contribution in [1.29, 1.82) is 0 Å². The second kappa shape index (κ2) is 7.87. The minimum Gasteiger partial charge on any atom is -0.494 e. The van der Waals surface area contributed by atoms with E-state index in [0.717, 1.165) is 22.0 Å². The molecule has 0 bridgehead atoms. The lowest BCUT2D eigenvalue weighted by molar-refractivity contribution is 0.0600. The zero-order valence-electron chi connectivity index (χ0n) is 16.4. The highest BCUT2D eigenvalue weighted by Crippen LogP contribution is 2.38. The second-order valence-corrected chi connectivity index (χ2v) is 6.98. The van der Waals surface area contributed by atoms with E-state index in [1.807, 2.05) is 30.3 Å². The van der Waals surface area contributed by atoms with Crippen LogP contribution in [0.4, 0.5) is 4.39 Å². The van der Waals surface area contributed by atoms with Crippen LogP contribution in [0.1, 0.15) is 27.0 Å². The third-order valence-electron chi connectivity index (χ3n) is 5.13. The number of benzene rings is 3. The van der Waals surface area contributed by atoms with E-state index in [2.05, 4.69) is 6.58 Å². The Kier molecular flexibility index (Phi) is 5.11. The Morgan fingerprint density at radius 3 is 2.50 bits per heavy atom. The zero-order chi connectivity index (χ0) is 21.3. The number of methoxy groups -OCH3 is 1. The van der Waals surface area contributed by atoms with Gasteiger partial charge in [-0.3, -0.25) is 0 Å². The zero-order valence-corrected chi connectivity index (χ0v) is 16.4. The lowest BCUT2D eigenvalue weighted by Gasteiger charge is -2.10. The maximum Gasteiger partial charge on any atom is 0.337 e. The molecule has 4 aromatic rings. The number of hydrogen-bond acceptors (Lipinski definition) is 3. The van der Waals surface area contributed by atoms with E-state index in [1.54, 1.807) is 34.9 Å². The van der Waals surface area contributed by atoms with Crippen LogP contribution in [0.3, 0.4) is 0 Å². The first-order valence-corrected chi connectivity index (χ1v) is 9.42. The summed E-state index contributed by atoms with van der Waals surface area (Å²) in [4.78, 5) is 11.9. The molecule has 3 aromatic carbocycles. The van der Waals surface area contributed by atoms with Gasteiger partial charge in [0.15, 0.2) is 5.88 Å². The number of rotatable bonds is 5. The average Bonchev–Trinajstić information content (AvgIpc) is 3.05. The van der Waals surface area contributed by atoms with Gasteiger partial charge in [-0.1, -0.05) is 49.0 Å².